The van der Waals surface area contributed by atoms with Gasteiger partial charge < -0.3 is 10.3 Å². The monoisotopic (exact) mass is 227 g/mol. The molecular formula is C14H17N3. The minimum Gasteiger partial charge on any atom is -0.399 e. The van der Waals surface area contributed by atoms with E-state index in [1.165, 1.54) is 16.8 Å². The number of hydrogen-bond donors (Lipinski definition) is 1. The maximum Gasteiger partial charge on any atom is 0.0953 e. The van der Waals surface area contributed by atoms with Crippen LogP contribution in [0.2, 0.25) is 0 Å². The van der Waals surface area contributed by atoms with Gasteiger partial charge in [-0.2, -0.15) is 0 Å². The average Bonchev–Trinajstić information content (AvgIpc) is 2.92. The van der Waals surface area contributed by atoms with E-state index in [1.54, 1.807) is 0 Å². The van der Waals surface area contributed by atoms with Gasteiger partial charge in [-0.3, -0.25) is 0 Å². The lowest BCUT2D eigenvalue weighted by atomic mass is 10.1. The van der Waals surface area contributed by atoms with E-state index in [0.29, 0.717) is 6.04 Å². The smallest absolute Gasteiger partial charge is 0.0953 e. The average molecular weight is 227 g/mol. The summed E-state index contributed by atoms with van der Waals surface area (Å²) in [6, 6.07) is 6.72. The maximum atomic E-state index is 5.83. The molecular weight excluding hydrogens is 210 g/mol. The van der Waals surface area contributed by atoms with Crippen LogP contribution in [0, 0.1) is 0 Å². The minimum atomic E-state index is 0.447. The van der Waals surface area contributed by atoms with Crippen LogP contribution in [0.15, 0.2) is 30.7 Å². The molecule has 3 rings (SSSR count). The van der Waals surface area contributed by atoms with Crippen LogP contribution in [0.5, 0.6) is 0 Å². The van der Waals surface area contributed by atoms with Gasteiger partial charge in [0.15, 0.2) is 0 Å². The molecule has 3 nitrogen and oxygen atoms in total. The van der Waals surface area contributed by atoms with E-state index < -0.39 is 0 Å². The second-order valence-corrected chi connectivity index (χ2v) is 4.66. The number of aryl methyl sites for hydroxylation is 2. The SMILES string of the molecule is CCc1cncn1C1CCc2cc(N)ccc21. The van der Waals surface area contributed by atoms with Crippen molar-refractivity contribution in [3.8, 4) is 0 Å². The van der Waals surface area contributed by atoms with Gasteiger partial charge in [0, 0.05) is 17.6 Å². The van der Waals surface area contributed by atoms with Crippen molar-refractivity contribution in [2.24, 2.45) is 0 Å². The first-order chi connectivity index (χ1) is 8.29. The number of aromatic nitrogens is 2. The van der Waals surface area contributed by atoms with Crippen molar-refractivity contribution < 1.29 is 0 Å². The molecule has 0 aliphatic heterocycles. The Balaban J connectivity index is 2.04. The van der Waals surface area contributed by atoms with Crippen LogP contribution in [0.3, 0.4) is 0 Å². The zero-order chi connectivity index (χ0) is 11.8. The zero-order valence-corrected chi connectivity index (χ0v) is 10.1. The van der Waals surface area contributed by atoms with Crippen molar-refractivity contribution in [2.45, 2.75) is 32.2 Å². The molecule has 1 heterocycles. The first-order valence-electron chi connectivity index (χ1n) is 6.18. The van der Waals surface area contributed by atoms with Crippen molar-refractivity contribution in [3.05, 3.63) is 47.5 Å². The third kappa shape index (κ3) is 1.62. The van der Waals surface area contributed by atoms with Crippen LogP contribution in [-0.2, 0) is 12.8 Å². The van der Waals surface area contributed by atoms with E-state index in [9.17, 15) is 0 Å². The van der Waals surface area contributed by atoms with E-state index in [2.05, 4.69) is 28.6 Å². The summed E-state index contributed by atoms with van der Waals surface area (Å²) in [7, 11) is 0. The van der Waals surface area contributed by atoms with Gasteiger partial charge in [0.25, 0.3) is 0 Å². The number of nitrogens with two attached hydrogens (primary N) is 1. The van der Waals surface area contributed by atoms with Gasteiger partial charge in [0.05, 0.1) is 12.4 Å². The van der Waals surface area contributed by atoms with Gasteiger partial charge in [-0.1, -0.05) is 13.0 Å². The Morgan fingerprint density at radius 1 is 1.47 bits per heavy atom. The van der Waals surface area contributed by atoms with Crippen LogP contribution >= 0.6 is 0 Å². The van der Waals surface area contributed by atoms with Gasteiger partial charge in [-0.05, 0) is 42.5 Å². The molecule has 2 aromatic rings. The molecule has 88 valence electrons. The number of hydrogen-bond acceptors (Lipinski definition) is 2. The predicted octanol–water partition coefficient (Wildman–Crippen LogP) is 2.56. The number of rotatable bonds is 2. The molecule has 0 spiro atoms. The first-order valence-corrected chi connectivity index (χ1v) is 6.18. The molecule has 1 aliphatic rings. The Bertz CT molecular complexity index is 542. The van der Waals surface area contributed by atoms with Crippen molar-refractivity contribution >= 4 is 5.69 Å². The van der Waals surface area contributed by atoms with Crippen molar-refractivity contribution in [3.63, 3.8) is 0 Å². The summed E-state index contributed by atoms with van der Waals surface area (Å²) in [4.78, 5) is 4.27. The molecule has 1 unspecified atom stereocenters. The van der Waals surface area contributed by atoms with Crippen molar-refractivity contribution in [1.29, 1.82) is 0 Å². The highest BCUT2D eigenvalue weighted by atomic mass is 15.1. The normalized spacial score (nSPS) is 18.3. The second-order valence-electron chi connectivity index (χ2n) is 4.66. The second kappa shape index (κ2) is 3.91. The number of nitrogens with zero attached hydrogens (tertiary/aromatic N) is 2. The fraction of sp³-hybridized carbons (Fsp3) is 0.357. The molecule has 0 fully saturated rings. The van der Waals surface area contributed by atoms with Crippen molar-refractivity contribution in [1.82, 2.24) is 9.55 Å². The third-order valence-corrected chi connectivity index (χ3v) is 3.66. The Morgan fingerprint density at radius 2 is 2.35 bits per heavy atom. The lowest BCUT2D eigenvalue weighted by Crippen LogP contribution is -2.09. The summed E-state index contributed by atoms with van der Waals surface area (Å²) in [6.45, 7) is 2.17. The fourth-order valence-corrected chi connectivity index (χ4v) is 2.79. The Labute approximate surface area is 101 Å². The molecule has 1 aliphatic carbocycles. The van der Waals surface area contributed by atoms with E-state index in [4.69, 9.17) is 5.73 Å². The molecule has 1 aromatic heterocycles. The highest BCUT2D eigenvalue weighted by molar-refractivity contribution is 5.48. The highest BCUT2D eigenvalue weighted by Crippen LogP contribution is 2.35. The lowest BCUT2D eigenvalue weighted by Gasteiger charge is -2.16. The van der Waals surface area contributed by atoms with Gasteiger partial charge in [-0.25, -0.2) is 4.98 Å². The molecule has 0 saturated carbocycles. The highest BCUT2D eigenvalue weighted by Gasteiger charge is 2.24. The Kier molecular flexibility index (Phi) is 2.39. The molecule has 0 saturated heterocycles. The Hall–Kier alpha value is -1.77. The molecule has 1 aromatic carbocycles. The maximum absolute atomic E-state index is 5.83. The summed E-state index contributed by atoms with van der Waals surface area (Å²) < 4.78 is 2.31. The number of imidazole rings is 1. The predicted molar refractivity (Wildman–Crippen MR) is 68.9 cm³/mol. The topological polar surface area (TPSA) is 43.8 Å². The summed E-state index contributed by atoms with van der Waals surface area (Å²) in [6.07, 6.45) is 7.22. The molecule has 0 bridgehead atoms. The van der Waals surface area contributed by atoms with Crippen LogP contribution in [-0.4, -0.2) is 9.55 Å². The van der Waals surface area contributed by atoms with E-state index in [-0.39, 0.29) is 0 Å². The molecule has 2 N–H and O–H groups in total. The standard InChI is InChI=1S/C14H17N3/c1-2-12-8-16-9-17(12)14-6-3-10-7-11(15)4-5-13(10)14/h4-5,7-9,14H,2-3,6,15H2,1H3. The summed E-state index contributed by atoms with van der Waals surface area (Å²) in [5.74, 6) is 0. The Morgan fingerprint density at radius 3 is 3.18 bits per heavy atom. The van der Waals surface area contributed by atoms with Gasteiger partial charge in [0.1, 0.15) is 0 Å². The molecule has 1 atom stereocenters. The van der Waals surface area contributed by atoms with Crippen LogP contribution in [0.4, 0.5) is 5.69 Å². The fourth-order valence-electron chi connectivity index (χ4n) is 2.79. The molecule has 0 radical (unpaired) electrons. The largest absolute Gasteiger partial charge is 0.399 e. The molecule has 17 heavy (non-hydrogen) atoms. The first kappa shape index (κ1) is 10.4. The van der Waals surface area contributed by atoms with Gasteiger partial charge in [0.2, 0.25) is 0 Å². The van der Waals surface area contributed by atoms with E-state index in [1.807, 2.05) is 18.6 Å². The molecule has 3 heteroatoms. The minimum absolute atomic E-state index is 0.447. The third-order valence-electron chi connectivity index (χ3n) is 3.66. The van der Waals surface area contributed by atoms with Crippen LogP contribution in [0.25, 0.3) is 0 Å². The lowest BCUT2D eigenvalue weighted by molar-refractivity contribution is 0.560. The van der Waals surface area contributed by atoms with E-state index >= 15 is 0 Å². The number of benzene rings is 1. The number of nitrogen functional groups attached to an aromatic ring is 1. The summed E-state index contributed by atoms with van der Waals surface area (Å²) in [5, 5.41) is 0. The van der Waals surface area contributed by atoms with Crippen LogP contribution < -0.4 is 5.73 Å². The molecule has 0 amide bonds. The quantitative estimate of drug-likeness (QED) is 0.801. The van der Waals surface area contributed by atoms with Gasteiger partial charge >= 0.3 is 0 Å². The van der Waals surface area contributed by atoms with Crippen molar-refractivity contribution in [2.75, 3.05) is 5.73 Å². The van der Waals surface area contributed by atoms with E-state index in [0.717, 1.165) is 24.9 Å². The number of fused-ring (bicyclic) bond motifs is 1. The van der Waals surface area contributed by atoms with Crippen LogP contribution in [0.1, 0.15) is 36.2 Å². The zero-order valence-electron chi connectivity index (χ0n) is 10.1. The summed E-state index contributed by atoms with van der Waals surface area (Å²) in [5.41, 5.74) is 10.8. The van der Waals surface area contributed by atoms with Gasteiger partial charge in [-0.15, -0.1) is 0 Å². The number of anilines is 1. The summed E-state index contributed by atoms with van der Waals surface area (Å²) >= 11 is 0.